The fraction of sp³-hybridized carbons (Fsp3) is 0.533. The zero-order valence-corrected chi connectivity index (χ0v) is 12.5. The molecule has 1 amide bonds. The summed E-state index contributed by atoms with van der Waals surface area (Å²) in [7, 11) is 0. The van der Waals surface area contributed by atoms with Gasteiger partial charge in [-0.25, -0.2) is 4.79 Å². The fourth-order valence-corrected chi connectivity index (χ4v) is 2.53. The predicted octanol–water partition coefficient (Wildman–Crippen LogP) is 1.36. The van der Waals surface area contributed by atoms with Crippen LogP contribution < -0.4 is 10.2 Å². The van der Waals surface area contributed by atoms with Crippen LogP contribution in [0.1, 0.15) is 37.2 Å². The molecule has 0 saturated carbocycles. The van der Waals surface area contributed by atoms with Crippen LogP contribution in [-0.2, 0) is 9.53 Å². The minimum Gasteiger partial charge on any atom is -0.464 e. The summed E-state index contributed by atoms with van der Waals surface area (Å²) in [5, 5.41) is 2.72. The fourth-order valence-electron chi connectivity index (χ4n) is 2.53. The van der Waals surface area contributed by atoms with E-state index < -0.39 is 0 Å². The van der Waals surface area contributed by atoms with E-state index in [0.29, 0.717) is 18.8 Å². The predicted molar refractivity (Wildman–Crippen MR) is 79.2 cm³/mol. The molecule has 2 heterocycles. The van der Waals surface area contributed by atoms with Gasteiger partial charge in [-0.2, -0.15) is 0 Å². The Bertz CT molecular complexity index is 519. The van der Waals surface area contributed by atoms with Crippen molar-refractivity contribution in [2.24, 2.45) is 0 Å². The number of carbonyl (C=O) groups excluding carboxylic acids is 2. The van der Waals surface area contributed by atoms with E-state index in [4.69, 9.17) is 4.74 Å². The summed E-state index contributed by atoms with van der Waals surface area (Å²) in [4.78, 5) is 29.9. The van der Waals surface area contributed by atoms with E-state index in [2.05, 4.69) is 10.3 Å². The zero-order valence-electron chi connectivity index (χ0n) is 12.5. The number of pyridine rings is 1. The van der Waals surface area contributed by atoms with Crippen molar-refractivity contribution in [2.75, 3.05) is 24.6 Å². The smallest absolute Gasteiger partial charge is 0.328 e. The van der Waals surface area contributed by atoms with Crippen molar-refractivity contribution in [1.29, 1.82) is 0 Å². The van der Waals surface area contributed by atoms with E-state index in [1.54, 1.807) is 19.2 Å². The highest BCUT2D eigenvalue weighted by Gasteiger charge is 2.32. The molecular formula is C15H21N3O3. The van der Waals surface area contributed by atoms with Crippen molar-refractivity contribution in [3.05, 3.63) is 24.0 Å². The van der Waals surface area contributed by atoms with Crippen LogP contribution in [0.3, 0.4) is 0 Å². The number of hydrogen-bond donors (Lipinski definition) is 1. The molecule has 2 rings (SSSR count). The lowest BCUT2D eigenvalue weighted by atomic mass is 10.2. The summed E-state index contributed by atoms with van der Waals surface area (Å²) >= 11 is 0. The van der Waals surface area contributed by atoms with Gasteiger partial charge < -0.3 is 15.0 Å². The topological polar surface area (TPSA) is 71.5 Å². The Labute approximate surface area is 124 Å². The molecule has 0 aliphatic carbocycles. The monoisotopic (exact) mass is 291 g/mol. The second kappa shape index (κ2) is 7.06. The molecule has 1 aliphatic heterocycles. The van der Waals surface area contributed by atoms with Crippen molar-refractivity contribution in [3.63, 3.8) is 0 Å². The summed E-state index contributed by atoms with van der Waals surface area (Å²) < 4.78 is 5.12. The van der Waals surface area contributed by atoms with E-state index in [1.165, 1.54) is 0 Å². The molecule has 1 N–H and O–H groups in total. The third kappa shape index (κ3) is 3.51. The number of hydrogen-bond acceptors (Lipinski definition) is 5. The SMILES string of the molecule is CCNC(=O)c1cc(N2CCCC2C(=O)OCC)ccn1. The Balaban J connectivity index is 2.18. The van der Waals surface area contributed by atoms with Gasteiger partial charge in [-0.05, 0) is 38.8 Å². The molecule has 1 atom stereocenters. The van der Waals surface area contributed by atoms with Crippen LogP contribution in [0.2, 0.25) is 0 Å². The summed E-state index contributed by atoms with van der Waals surface area (Å²) in [6, 6.07) is 3.28. The molecule has 1 unspecified atom stereocenters. The second-order valence-corrected chi connectivity index (χ2v) is 4.86. The maximum absolute atomic E-state index is 12.0. The first-order valence-electron chi connectivity index (χ1n) is 7.34. The average molecular weight is 291 g/mol. The standard InChI is InChI=1S/C15H21N3O3/c1-3-16-14(19)12-10-11(7-8-17-12)18-9-5-6-13(18)15(20)21-4-2/h7-8,10,13H,3-6,9H2,1-2H3,(H,16,19). The summed E-state index contributed by atoms with van der Waals surface area (Å²) in [5.74, 6) is -0.405. The number of nitrogens with one attached hydrogen (secondary N) is 1. The third-order valence-electron chi connectivity index (χ3n) is 3.46. The Kier molecular flexibility index (Phi) is 5.14. The first-order valence-corrected chi connectivity index (χ1v) is 7.34. The Morgan fingerprint density at radius 3 is 3.00 bits per heavy atom. The molecule has 1 saturated heterocycles. The van der Waals surface area contributed by atoms with E-state index in [0.717, 1.165) is 25.1 Å². The Hall–Kier alpha value is -2.11. The van der Waals surface area contributed by atoms with Gasteiger partial charge in [0.2, 0.25) is 0 Å². The van der Waals surface area contributed by atoms with Gasteiger partial charge in [-0.15, -0.1) is 0 Å². The maximum atomic E-state index is 12.0. The van der Waals surface area contributed by atoms with Crippen molar-refractivity contribution in [2.45, 2.75) is 32.7 Å². The number of ether oxygens (including phenoxy) is 1. The lowest BCUT2D eigenvalue weighted by Gasteiger charge is -2.25. The van der Waals surface area contributed by atoms with Crippen LogP contribution in [-0.4, -0.2) is 42.6 Å². The van der Waals surface area contributed by atoms with Gasteiger partial charge in [0.05, 0.1) is 6.61 Å². The molecule has 21 heavy (non-hydrogen) atoms. The molecule has 6 heteroatoms. The summed E-state index contributed by atoms with van der Waals surface area (Å²) in [6.45, 7) is 5.38. The highest BCUT2D eigenvalue weighted by Crippen LogP contribution is 2.26. The van der Waals surface area contributed by atoms with Crippen LogP contribution in [0.5, 0.6) is 0 Å². The van der Waals surface area contributed by atoms with Gasteiger partial charge in [-0.1, -0.05) is 0 Å². The van der Waals surface area contributed by atoms with Crippen molar-refractivity contribution < 1.29 is 14.3 Å². The van der Waals surface area contributed by atoms with E-state index >= 15 is 0 Å². The highest BCUT2D eigenvalue weighted by atomic mass is 16.5. The lowest BCUT2D eigenvalue weighted by molar-refractivity contribution is -0.144. The van der Waals surface area contributed by atoms with E-state index in [-0.39, 0.29) is 17.9 Å². The molecule has 0 aromatic carbocycles. The largest absolute Gasteiger partial charge is 0.464 e. The first kappa shape index (κ1) is 15.3. The van der Waals surface area contributed by atoms with Gasteiger partial charge in [0, 0.05) is 25.0 Å². The number of rotatable bonds is 5. The number of nitrogens with zero attached hydrogens (tertiary/aromatic N) is 2. The van der Waals surface area contributed by atoms with Crippen LogP contribution in [0, 0.1) is 0 Å². The second-order valence-electron chi connectivity index (χ2n) is 4.86. The number of anilines is 1. The molecule has 1 aromatic heterocycles. The molecule has 0 bridgehead atoms. The minimum atomic E-state index is -0.269. The lowest BCUT2D eigenvalue weighted by Crippen LogP contribution is -2.37. The van der Waals surface area contributed by atoms with Crippen molar-refractivity contribution >= 4 is 17.6 Å². The summed E-state index contributed by atoms with van der Waals surface area (Å²) in [5.41, 5.74) is 1.20. The van der Waals surface area contributed by atoms with Crippen molar-refractivity contribution in [3.8, 4) is 0 Å². The average Bonchev–Trinajstić information content (AvgIpc) is 2.97. The van der Waals surface area contributed by atoms with Crippen LogP contribution >= 0.6 is 0 Å². The van der Waals surface area contributed by atoms with Gasteiger partial charge >= 0.3 is 5.97 Å². The number of carbonyl (C=O) groups is 2. The molecule has 114 valence electrons. The Morgan fingerprint density at radius 1 is 1.48 bits per heavy atom. The quantitative estimate of drug-likeness (QED) is 0.829. The van der Waals surface area contributed by atoms with Crippen LogP contribution in [0.25, 0.3) is 0 Å². The van der Waals surface area contributed by atoms with Crippen LogP contribution in [0.15, 0.2) is 18.3 Å². The minimum absolute atomic E-state index is 0.202. The van der Waals surface area contributed by atoms with Gasteiger partial charge in [0.25, 0.3) is 5.91 Å². The first-order chi connectivity index (χ1) is 10.2. The van der Waals surface area contributed by atoms with Crippen molar-refractivity contribution in [1.82, 2.24) is 10.3 Å². The van der Waals surface area contributed by atoms with Gasteiger partial charge in [-0.3, -0.25) is 9.78 Å². The molecule has 1 aromatic rings. The number of amides is 1. The van der Waals surface area contributed by atoms with Crippen LogP contribution in [0.4, 0.5) is 5.69 Å². The summed E-state index contributed by atoms with van der Waals surface area (Å²) in [6.07, 6.45) is 3.31. The number of aromatic nitrogens is 1. The Morgan fingerprint density at radius 2 is 2.29 bits per heavy atom. The molecule has 6 nitrogen and oxygen atoms in total. The zero-order chi connectivity index (χ0) is 15.2. The highest BCUT2D eigenvalue weighted by molar-refractivity contribution is 5.93. The number of esters is 1. The molecular weight excluding hydrogens is 270 g/mol. The third-order valence-corrected chi connectivity index (χ3v) is 3.46. The molecule has 0 spiro atoms. The molecule has 1 aliphatic rings. The van der Waals surface area contributed by atoms with Gasteiger partial charge in [0.15, 0.2) is 0 Å². The normalized spacial score (nSPS) is 17.6. The van der Waals surface area contributed by atoms with E-state index in [9.17, 15) is 9.59 Å². The van der Waals surface area contributed by atoms with E-state index in [1.807, 2.05) is 17.9 Å². The molecule has 0 radical (unpaired) electrons. The molecule has 1 fully saturated rings. The van der Waals surface area contributed by atoms with Gasteiger partial charge in [0.1, 0.15) is 11.7 Å². The maximum Gasteiger partial charge on any atom is 0.328 e.